The number of nitrogens with zero attached hydrogens (tertiary/aromatic N) is 5. The summed E-state index contributed by atoms with van der Waals surface area (Å²) in [5.41, 5.74) is 0. The molecule has 1 aliphatic carbocycles. The van der Waals surface area contributed by atoms with Crippen molar-refractivity contribution in [3.63, 3.8) is 0 Å². The van der Waals surface area contributed by atoms with Gasteiger partial charge in [0.25, 0.3) is 0 Å². The predicted molar refractivity (Wildman–Crippen MR) is 79.1 cm³/mol. The number of piperazine rings is 1. The molecule has 7 nitrogen and oxygen atoms in total. The first-order chi connectivity index (χ1) is 10.3. The van der Waals surface area contributed by atoms with E-state index in [0.29, 0.717) is 18.3 Å². The molecule has 0 aromatic carbocycles. The number of thioether (sulfide) groups is 1. The third kappa shape index (κ3) is 3.75. The Kier molecular flexibility index (Phi) is 4.77. The number of carbonyl (C=O) groups is 1. The highest BCUT2D eigenvalue weighted by Crippen LogP contribution is 2.37. The third-order valence-electron chi connectivity index (χ3n) is 3.95. The molecule has 1 saturated heterocycles. The molecule has 1 amide bonds. The van der Waals surface area contributed by atoms with Crippen molar-refractivity contribution in [3.8, 4) is 0 Å². The molecule has 1 N–H and O–H groups in total. The van der Waals surface area contributed by atoms with Gasteiger partial charge in [0.2, 0.25) is 5.91 Å². The Hall–Kier alpha value is -1.12. The van der Waals surface area contributed by atoms with Crippen molar-refractivity contribution in [2.24, 2.45) is 0 Å². The van der Waals surface area contributed by atoms with E-state index in [9.17, 15) is 4.79 Å². The molecule has 3 rings (SSSR count). The van der Waals surface area contributed by atoms with Gasteiger partial charge in [-0.1, -0.05) is 11.8 Å². The first-order valence-electron chi connectivity index (χ1n) is 7.41. The molecule has 2 aliphatic rings. The van der Waals surface area contributed by atoms with Crippen molar-refractivity contribution >= 4 is 17.7 Å². The number of aromatic nitrogens is 3. The van der Waals surface area contributed by atoms with Crippen LogP contribution in [0, 0.1) is 0 Å². The molecule has 0 bridgehead atoms. The van der Waals surface area contributed by atoms with E-state index >= 15 is 0 Å². The molecule has 0 spiro atoms. The quantitative estimate of drug-likeness (QED) is 0.736. The van der Waals surface area contributed by atoms with E-state index in [4.69, 9.17) is 5.11 Å². The third-order valence-corrected chi connectivity index (χ3v) is 4.89. The number of rotatable bonds is 6. The molecule has 116 valence electrons. The Balaban J connectivity index is 1.45. The molecule has 1 aliphatic heterocycles. The Morgan fingerprint density at radius 2 is 2.10 bits per heavy atom. The van der Waals surface area contributed by atoms with Crippen LogP contribution in [0.25, 0.3) is 0 Å². The van der Waals surface area contributed by atoms with Crippen LogP contribution in [-0.4, -0.2) is 80.7 Å². The Morgan fingerprint density at radius 3 is 2.76 bits per heavy atom. The Labute approximate surface area is 128 Å². The molecular formula is C13H21N5O2S. The Morgan fingerprint density at radius 1 is 1.33 bits per heavy atom. The molecule has 0 radical (unpaired) electrons. The van der Waals surface area contributed by atoms with Crippen LogP contribution < -0.4 is 0 Å². The minimum atomic E-state index is 0.161. The smallest absolute Gasteiger partial charge is 0.233 e. The lowest BCUT2D eigenvalue weighted by Crippen LogP contribution is -2.49. The van der Waals surface area contributed by atoms with Crippen LogP contribution in [-0.2, 0) is 4.79 Å². The van der Waals surface area contributed by atoms with Gasteiger partial charge >= 0.3 is 0 Å². The van der Waals surface area contributed by atoms with E-state index in [1.54, 1.807) is 6.33 Å². The van der Waals surface area contributed by atoms with Crippen molar-refractivity contribution in [3.05, 3.63) is 6.33 Å². The number of β-amino-alcohol motifs (C(OH)–C–C–N with tert-alkyl or cyclic N) is 1. The summed E-state index contributed by atoms with van der Waals surface area (Å²) >= 11 is 1.48. The van der Waals surface area contributed by atoms with Crippen molar-refractivity contribution in [1.82, 2.24) is 24.6 Å². The monoisotopic (exact) mass is 311 g/mol. The number of aliphatic hydroxyl groups is 1. The fourth-order valence-corrected chi connectivity index (χ4v) is 3.40. The lowest BCUT2D eigenvalue weighted by molar-refractivity contribution is -0.130. The van der Waals surface area contributed by atoms with Gasteiger partial charge in [-0.15, -0.1) is 10.2 Å². The van der Waals surface area contributed by atoms with Crippen LogP contribution in [0.3, 0.4) is 0 Å². The maximum atomic E-state index is 12.2. The van der Waals surface area contributed by atoms with E-state index in [1.807, 2.05) is 4.90 Å². The summed E-state index contributed by atoms with van der Waals surface area (Å²) in [6, 6.07) is 0.541. The van der Waals surface area contributed by atoms with Gasteiger partial charge in [-0.2, -0.15) is 0 Å². The summed E-state index contributed by atoms with van der Waals surface area (Å²) in [5.74, 6) is 0.583. The van der Waals surface area contributed by atoms with Gasteiger partial charge in [0.1, 0.15) is 6.33 Å². The number of hydrogen-bond acceptors (Lipinski definition) is 6. The van der Waals surface area contributed by atoms with Gasteiger partial charge in [-0.05, 0) is 12.8 Å². The normalized spacial score (nSPS) is 20.0. The summed E-state index contributed by atoms with van der Waals surface area (Å²) in [5, 5.41) is 17.8. The molecule has 0 atom stereocenters. The van der Waals surface area contributed by atoms with Crippen LogP contribution in [0.2, 0.25) is 0 Å². The van der Waals surface area contributed by atoms with Gasteiger partial charge in [-0.25, -0.2) is 0 Å². The summed E-state index contributed by atoms with van der Waals surface area (Å²) in [7, 11) is 0. The molecule has 21 heavy (non-hydrogen) atoms. The first kappa shape index (κ1) is 14.8. The Bertz CT molecular complexity index is 483. The lowest BCUT2D eigenvalue weighted by atomic mass is 10.3. The molecule has 0 unspecified atom stereocenters. The zero-order valence-corrected chi connectivity index (χ0v) is 12.8. The van der Waals surface area contributed by atoms with E-state index in [0.717, 1.165) is 31.3 Å². The highest BCUT2D eigenvalue weighted by Gasteiger charge is 2.27. The van der Waals surface area contributed by atoms with E-state index in [2.05, 4.69) is 19.7 Å². The van der Waals surface area contributed by atoms with E-state index < -0.39 is 0 Å². The van der Waals surface area contributed by atoms with Crippen LogP contribution in [0.15, 0.2) is 11.5 Å². The number of aliphatic hydroxyl groups excluding tert-OH is 1. The van der Waals surface area contributed by atoms with Crippen molar-refractivity contribution < 1.29 is 9.90 Å². The fraction of sp³-hybridized carbons (Fsp3) is 0.769. The average molecular weight is 311 g/mol. The molecule has 2 fully saturated rings. The van der Waals surface area contributed by atoms with Gasteiger partial charge < -0.3 is 14.6 Å². The van der Waals surface area contributed by atoms with E-state index in [1.165, 1.54) is 24.6 Å². The highest BCUT2D eigenvalue weighted by atomic mass is 32.2. The predicted octanol–water partition coefficient (Wildman–Crippen LogP) is -0.158. The number of hydrogen-bond donors (Lipinski definition) is 1. The number of carbonyl (C=O) groups excluding carboxylic acids is 1. The second kappa shape index (κ2) is 6.76. The lowest BCUT2D eigenvalue weighted by Gasteiger charge is -2.34. The molecular weight excluding hydrogens is 290 g/mol. The van der Waals surface area contributed by atoms with E-state index in [-0.39, 0.29) is 12.5 Å². The summed E-state index contributed by atoms with van der Waals surface area (Å²) < 4.78 is 2.08. The van der Waals surface area contributed by atoms with Crippen LogP contribution in [0.4, 0.5) is 0 Å². The second-order valence-corrected chi connectivity index (χ2v) is 6.43. The average Bonchev–Trinajstić information content (AvgIpc) is 3.24. The SMILES string of the molecule is O=C(CSc1nncn1C1CC1)N1CCN(CCO)CC1. The molecule has 1 aromatic heterocycles. The van der Waals surface area contributed by atoms with Gasteiger partial charge in [0.15, 0.2) is 5.16 Å². The standard InChI is InChI=1S/C13H21N5O2S/c19-8-7-16-3-5-17(6-4-16)12(20)9-21-13-15-14-10-18(13)11-1-2-11/h10-11,19H,1-9H2. The molecule has 1 saturated carbocycles. The summed E-state index contributed by atoms with van der Waals surface area (Å²) in [6.45, 7) is 4.05. The molecule has 8 heteroatoms. The summed E-state index contributed by atoms with van der Waals surface area (Å²) in [6.07, 6.45) is 4.14. The van der Waals surface area contributed by atoms with Crippen molar-refractivity contribution in [2.45, 2.75) is 24.0 Å². The van der Waals surface area contributed by atoms with Gasteiger partial charge in [0, 0.05) is 38.8 Å². The zero-order valence-electron chi connectivity index (χ0n) is 12.0. The van der Waals surface area contributed by atoms with Crippen LogP contribution >= 0.6 is 11.8 Å². The largest absolute Gasteiger partial charge is 0.395 e. The van der Waals surface area contributed by atoms with Gasteiger partial charge in [-0.3, -0.25) is 9.69 Å². The fourth-order valence-electron chi connectivity index (χ4n) is 2.52. The minimum Gasteiger partial charge on any atom is -0.395 e. The zero-order chi connectivity index (χ0) is 14.7. The van der Waals surface area contributed by atoms with Crippen LogP contribution in [0.5, 0.6) is 0 Å². The summed E-state index contributed by atoms with van der Waals surface area (Å²) in [4.78, 5) is 16.3. The maximum absolute atomic E-state index is 12.2. The first-order valence-corrected chi connectivity index (χ1v) is 8.40. The maximum Gasteiger partial charge on any atom is 0.233 e. The second-order valence-electron chi connectivity index (χ2n) is 5.49. The minimum absolute atomic E-state index is 0.161. The van der Waals surface area contributed by atoms with Crippen molar-refractivity contribution in [1.29, 1.82) is 0 Å². The van der Waals surface area contributed by atoms with Gasteiger partial charge in [0.05, 0.1) is 12.4 Å². The topological polar surface area (TPSA) is 74.5 Å². The molecule has 2 heterocycles. The van der Waals surface area contributed by atoms with Crippen molar-refractivity contribution in [2.75, 3.05) is 45.1 Å². The highest BCUT2D eigenvalue weighted by molar-refractivity contribution is 7.99. The number of amides is 1. The van der Waals surface area contributed by atoms with Crippen LogP contribution in [0.1, 0.15) is 18.9 Å². The molecule has 1 aromatic rings.